The zero-order valence-corrected chi connectivity index (χ0v) is 12.2. The molecule has 1 aromatic rings. The lowest BCUT2D eigenvalue weighted by atomic mass is 10.2. The molecule has 2 atom stereocenters. The van der Waals surface area contributed by atoms with Gasteiger partial charge in [-0.05, 0) is 24.6 Å². The van der Waals surface area contributed by atoms with Crippen LogP contribution in [-0.2, 0) is 0 Å². The molecule has 0 saturated carbocycles. The Morgan fingerprint density at radius 2 is 1.53 bits per heavy atom. The molecule has 2 unspecified atom stereocenters. The first-order valence-electron chi connectivity index (χ1n) is 5.91. The first-order chi connectivity index (χ1) is 9.06. The number of aliphatic hydroxyl groups excluding tert-OH is 2. The van der Waals surface area contributed by atoms with Crippen molar-refractivity contribution in [3.8, 4) is 11.5 Å². The second-order valence-electron chi connectivity index (χ2n) is 4.19. The number of alkyl halides is 2. The predicted octanol–water partition coefficient (Wildman–Crippen LogP) is 1.95. The fourth-order valence-electron chi connectivity index (χ4n) is 1.31. The molecule has 1 rings (SSSR count). The number of rotatable bonds is 8. The van der Waals surface area contributed by atoms with E-state index in [1.807, 2.05) is 13.0 Å². The van der Waals surface area contributed by atoms with Crippen molar-refractivity contribution in [1.29, 1.82) is 0 Å². The third kappa shape index (κ3) is 5.87. The van der Waals surface area contributed by atoms with Gasteiger partial charge >= 0.3 is 0 Å². The van der Waals surface area contributed by atoms with Gasteiger partial charge in [-0.3, -0.25) is 0 Å². The molecule has 19 heavy (non-hydrogen) atoms. The van der Waals surface area contributed by atoms with E-state index in [0.29, 0.717) is 11.5 Å². The van der Waals surface area contributed by atoms with E-state index in [4.69, 9.17) is 32.7 Å². The van der Waals surface area contributed by atoms with E-state index in [0.717, 1.165) is 5.56 Å². The average Bonchev–Trinajstić information content (AvgIpc) is 2.43. The number of hydrogen-bond acceptors (Lipinski definition) is 4. The van der Waals surface area contributed by atoms with Crippen LogP contribution < -0.4 is 9.47 Å². The topological polar surface area (TPSA) is 58.9 Å². The van der Waals surface area contributed by atoms with Gasteiger partial charge in [-0.25, -0.2) is 0 Å². The largest absolute Gasteiger partial charge is 0.487 e. The quantitative estimate of drug-likeness (QED) is 0.721. The van der Waals surface area contributed by atoms with Crippen LogP contribution in [-0.4, -0.2) is 47.4 Å². The lowest BCUT2D eigenvalue weighted by Crippen LogP contribution is -2.21. The molecule has 1 aromatic carbocycles. The van der Waals surface area contributed by atoms with Crippen LogP contribution in [0.1, 0.15) is 5.56 Å². The highest BCUT2D eigenvalue weighted by atomic mass is 35.5. The Morgan fingerprint density at radius 1 is 1.00 bits per heavy atom. The smallest absolute Gasteiger partial charge is 0.161 e. The summed E-state index contributed by atoms with van der Waals surface area (Å²) in [7, 11) is 0. The first kappa shape index (κ1) is 16.4. The van der Waals surface area contributed by atoms with E-state index in [1.165, 1.54) is 0 Å². The molecule has 0 bridgehead atoms. The van der Waals surface area contributed by atoms with Gasteiger partial charge in [0.15, 0.2) is 11.5 Å². The van der Waals surface area contributed by atoms with Gasteiger partial charge in [0, 0.05) is 0 Å². The fourth-order valence-corrected chi connectivity index (χ4v) is 1.49. The molecule has 0 aliphatic carbocycles. The van der Waals surface area contributed by atoms with Gasteiger partial charge in [-0.15, -0.1) is 23.2 Å². The van der Waals surface area contributed by atoms with Crippen LogP contribution in [0.15, 0.2) is 18.2 Å². The highest BCUT2D eigenvalue weighted by Gasteiger charge is 2.10. The Morgan fingerprint density at radius 3 is 2.05 bits per heavy atom. The summed E-state index contributed by atoms with van der Waals surface area (Å²) in [6.45, 7) is 2.09. The summed E-state index contributed by atoms with van der Waals surface area (Å²) >= 11 is 11.0. The van der Waals surface area contributed by atoms with E-state index in [2.05, 4.69) is 0 Å². The summed E-state index contributed by atoms with van der Waals surface area (Å²) in [5, 5.41) is 18.7. The molecule has 0 amide bonds. The zero-order valence-electron chi connectivity index (χ0n) is 10.7. The van der Waals surface area contributed by atoms with Gasteiger partial charge in [0.2, 0.25) is 0 Å². The Bertz CT molecular complexity index is 387. The molecule has 0 saturated heterocycles. The molecule has 2 N–H and O–H groups in total. The van der Waals surface area contributed by atoms with Crippen LogP contribution in [0.25, 0.3) is 0 Å². The Labute approximate surface area is 122 Å². The molecule has 0 heterocycles. The number of hydrogen-bond donors (Lipinski definition) is 2. The maximum Gasteiger partial charge on any atom is 0.161 e. The monoisotopic (exact) mass is 308 g/mol. The van der Waals surface area contributed by atoms with Crippen LogP contribution in [0.4, 0.5) is 0 Å². The van der Waals surface area contributed by atoms with E-state index in [9.17, 15) is 10.2 Å². The van der Waals surface area contributed by atoms with Gasteiger partial charge in [0.25, 0.3) is 0 Å². The molecule has 0 fully saturated rings. The lowest BCUT2D eigenvalue weighted by molar-refractivity contribution is 0.109. The van der Waals surface area contributed by atoms with E-state index in [-0.39, 0.29) is 25.0 Å². The minimum Gasteiger partial charge on any atom is -0.487 e. The Hall–Kier alpha value is -0.680. The van der Waals surface area contributed by atoms with Crippen molar-refractivity contribution in [3.63, 3.8) is 0 Å². The normalized spacial score (nSPS) is 13.9. The van der Waals surface area contributed by atoms with Crippen molar-refractivity contribution in [3.05, 3.63) is 23.8 Å². The molecule has 0 radical (unpaired) electrons. The van der Waals surface area contributed by atoms with E-state index < -0.39 is 12.2 Å². The predicted molar refractivity (Wildman–Crippen MR) is 75.6 cm³/mol. The van der Waals surface area contributed by atoms with E-state index in [1.54, 1.807) is 12.1 Å². The van der Waals surface area contributed by atoms with E-state index >= 15 is 0 Å². The van der Waals surface area contributed by atoms with Gasteiger partial charge < -0.3 is 19.7 Å². The molecule has 0 aromatic heterocycles. The van der Waals surface area contributed by atoms with Crippen molar-refractivity contribution in [1.82, 2.24) is 0 Å². The van der Waals surface area contributed by atoms with Crippen molar-refractivity contribution in [2.24, 2.45) is 0 Å². The second-order valence-corrected chi connectivity index (χ2v) is 4.81. The average molecular weight is 309 g/mol. The number of ether oxygens (including phenoxy) is 2. The lowest BCUT2D eigenvalue weighted by Gasteiger charge is -2.16. The van der Waals surface area contributed by atoms with Crippen molar-refractivity contribution in [2.75, 3.05) is 25.0 Å². The third-order valence-corrected chi connectivity index (χ3v) is 3.03. The summed E-state index contributed by atoms with van der Waals surface area (Å²) < 4.78 is 10.9. The SMILES string of the molecule is Cc1ccc(OCC(O)CCl)c(OCC(O)CCl)c1. The number of benzene rings is 1. The number of aryl methyl sites for hydroxylation is 1. The molecular weight excluding hydrogens is 291 g/mol. The van der Waals surface area contributed by atoms with Crippen LogP contribution in [0.3, 0.4) is 0 Å². The first-order valence-corrected chi connectivity index (χ1v) is 6.98. The van der Waals surface area contributed by atoms with Crippen LogP contribution in [0.5, 0.6) is 11.5 Å². The highest BCUT2D eigenvalue weighted by molar-refractivity contribution is 6.18. The third-order valence-electron chi connectivity index (χ3n) is 2.32. The van der Waals surface area contributed by atoms with Gasteiger partial charge in [0.1, 0.15) is 25.4 Å². The fraction of sp³-hybridized carbons (Fsp3) is 0.538. The van der Waals surface area contributed by atoms with Crippen molar-refractivity contribution in [2.45, 2.75) is 19.1 Å². The summed E-state index contributed by atoms with van der Waals surface area (Å²) in [4.78, 5) is 0. The summed E-state index contributed by atoms with van der Waals surface area (Å²) in [5.74, 6) is 1.21. The van der Waals surface area contributed by atoms with Gasteiger partial charge in [0.05, 0.1) is 11.8 Å². The molecule has 0 aliphatic heterocycles. The maximum atomic E-state index is 9.38. The van der Waals surface area contributed by atoms with Crippen LogP contribution >= 0.6 is 23.2 Å². The van der Waals surface area contributed by atoms with Crippen LogP contribution in [0, 0.1) is 6.92 Å². The van der Waals surface area contributed by atoms with Crippen molar-refractivity contribution < 1.29 is 19.7 Å². The molecule has 108 valence electrons. The molecule has 4 nitrogen and oxygen atoms in total. The minimum absolute atomic E-state index is 0.0843. The van der Waals surface area contributed by atoms with Gasteiger partial charge in [-0.1, -0.05) is 6.07 Å². The molecular formula is C13H18Cl2O4. The highest BCUT2D eigenvalue weighted by Crippen LogP contribution is 2.28. The molecule has 0 aliphatic rings. The maximum absolute atomic E-state index is 9.38. The number of halogens is 2. The number of aliphatic hydroxyl groups is 2. The molecule has 6 heteroatoms. The summed E-state index contributed by atoms with van der Waals surface area (Å²) in [6, 6.07) is 5.41. The summed E-state index contributed by atoms with van der Waals surface area (Å²) in [5.41, 5.74) is 1.00. The molecule has 0 spiro atoms. The Balaban J connectivity index is 2.68. The van der Waals surface area contributed by atoms with Crippen molar-refractivity contribution >= 4 is 23.2 Å². The van der Waals surface area contributed by atoms with Gasteiger partial charge in [-0.2, -0.15) is 0 Å². The zero-order chi connectivity index (χ0) is 14.3. The Kier molecular flexibility index (Phi) is 7.31. The van der Waals surface area contributed by atoms with Crippen LogP contribution in [0.2, 0.25) is 0 Å². The standard InChI is InChI=1S/C13H18Cl2O4/c1-9-2-3-12(18-7-10(16)5-14)13(4-9)19-8-11(17)6-15/h2-4,10-11,16-17H,5-8H2,1H3. The minimum atomic E-state index is -0.733. The second kappa shape index (κ2) is 8.48. The summed E-state index contributed by atoms with van der Waals surface area (Å²) in [6.07, 6.45) is -1.47.